The van der Waals surface area contributed by atoms with Crippen LogP contribution in [0, 0.1) is 11.6 Å². The molecule has 44 heavy (non-hydrogen) atoms. The number of aliphatic imine (C=N–C) groups is 1. The van der Waals surface area contributed by atoms with Crippen LogP contribution in [0.5, 0.6) is 5.75 Å². The number of nitrogens with one attached hydrogen (secondary N) is 2. The molecule has 5 rings (SSSR count). The largest absolute Gasteiger partial charge is 0.494 e. The molecule has 0 radical (unpaired) electrons. The normalized spacial score (nSPS) is 17.6. The summed E-state index contributed by atoms with van der Waals surface area (Å²) in [5.74, 6) is -1.02. The average molecular weight is 729 g/mol. The number of ether oxygens (including phenoxy) is 2. The van der Waals surface area contributed by atoms with Gasteiger partial charge in [-0.05, 0) is 65.7 Å². The van der Waals surface area contributed by atoms with E-state index in [4.69, 9.17) is 19.6 Å². The Labute approximate surface area is 270 Å². The molecule has 3 N–H and O–H groups in total. The van der Waals surface area contributed by atoms with Gasteiger partial charge in [-0.3, -0.25) is 10.2 Å². The lowest BCUT2D eigenvalue weighted by atomic mass is 9.82. The Morgan fingerprint density at radius 3 is 2.34 bits per heavy atom. The lowest BCUT2D eigenvalue weighted by molar-refractivity contribution is -0.130. The highest BCUT2D eigenvalue weighted by molar-refractivity contribution is 9.10. The third-order valence-electron chi connectivity index (χ3n) is 7.02. The van der Waals surface area contributed by atoms with Crippen LogP contribution in [-0.2, 0) is 22.5 Å². The Kier molecular flexibility index (Phi) is 10.4. The van der Waals surface area contributed by atoms with Crippen LogP contribution in [-0.4, -0.2) is 35.7 Å². The lowest BCUT2D eigenvalue weighted by Crippen LogP contribution is -2.53. The first-order valence-electron chi connectivity index (χ1n) is 13.8. The van der Waals surface area contributed by atoms with Gasteiger partial charge in [-0.15, -0.1) is 0 Å². The molecule has 2 atom stereocenters. The zero-order chi connectivity index (χ0) is 31.1. The van der Waals surface area contributed by atoms with Crippen molar-refractivity contribution in [3.8, 4) is 5.75 Å². The highest BCUT2D eigenvalue weighted by Crippen LogP contribution is 2.44. The number of nitrogens with zero attached hydrogens (tertiary/aromatic N) is 1. The second-order valence-corrected chi connectivity index (χ2v) is 12.0. The molecule has 0 aliphatic carbocycles. The summed E-state index contributed by atoms with van der Waals surface area (Å²) < 4.78 is 41.3. The van der Waals surface area contributed by atoms with Crippen LogP contribution < -0.4 is 15.6 Å². The van der Waals surface area contributed by atoms with Gasteiger partial charge in [0.05, 0.1) is 6.61 Å². The molecule has 0 aromatic heterocycles. The van der Waals surface area contributed by atoms with Crippen molar-refractivity contribution in [3.63, 3.8) is 0 Å². The summed E-state index contributed by atoms with van der Waals surface area (Å²) in [5.41, 5.74) is 6.58. The Balaban J connectivity index is 1.52. The second-order valence-electron chi connectivity index (χ2n) is 10.2. The molecule has 1 aliphatic rings. The predicted octanol–water partition coefficient (Wildman–Crippen LogP) is 6.57. The topological polar surface area (TPSA) is 92.2 Å². The molecule has 1 heterocycles. The fraction of sp³-hybridized carbons (Fsp3) is 0.212. The van der Waals surface area contributed by atoms with Gasteiger partial charge in [-0.1, -0.05) is 62.2 Å². The van der Waals surface area contributed by atoms with Gasteiger partial charge in [-0.2, -0.15) is 0 Å². The van der Waals surface area contributed by atoms with Gasteiger partial charge >= 0.3 is 0 Å². The van der Waals surface area contributed by atoms with Crippen molar-refractivity contribution in [2.24, 2.45) is 4.99 Å². The summed E-state index contributed by atoms with van der Waals surface area (Å²) in [6, 6.07) is 25.4. The molecule has 0 saturated carbocycles. The van der Waals surface area contributed by atoms with Crippen LogP contribution in [0.15, 0.2) is 105 Å². The average Bonchev–Trinajstić information content (AvgIpc) is 3.38. The summed E-state index contributed by atoms with van der Waals surface area (Å²) in [4.78, 5) is 19.2. The van der Waals surface area contributed by atoms with Gasteiger partial charge in [0.2, 0.25) is 5.90 Å². The minimum absolute atomic E-state index is 0.0242. The third kappa shape index (κ3) is 7.52. The molecule has 7 nitrogen and oxygen atoms in total. The molecule has 4 aromatic rings. The van der Waals surface area contributed by atoms with E-state index in [0.29, 0.717) is 29.9 Å². The summed E-state index contributed by atoms with van der Waals surface area (Å²) in [5, 5.41) is 9.03. The van der Waals surface area contributed by atoms with E-state index in [1.807, 2.05) is 48.5 Å². The first-order chi connectivity index (χ1) is 21.3. The van der Waals surface area contributed by atoms with Crippen LogP contribution in [0.4, 0.5) is 8.78 Å². The molecule has 0 fully saturated rings. The lowest BCUT2D eigenvalue weighted by Gasteiger charge is -2.31. The molecule has 0 saturated heterocycles. The van der Waals surface area contributed by atoms with Crippen molar-refractivity contribution in [1.82, 2.24) is 10.9 Å². The van der Waals surface area contributed by atoms with Crippen molar-refractivity contribution >= 4 is 43.7 Å². The number of hydrogen-bond donors (Lipinski definition) is 3. The number of aliphatic hydroxyl groups is 1. The zero-order valence-electron chi connectivity index (χ0n) is 23.4. The van der Waals surface area contributed by atoms with E-state index in [9.17, 15) is 13.6 Å². The molecule has 0 bridgehead atoms. The molecule has 1 aliphatic heterocycles. The smallest absolute Gasteiger partial charge is 0.266 e. The molecule has 1 amide bonds. The van der Waals surface area contributed by atoms with Crippen molar-refractivity contribution in [2.75, 3.05) is 13.2 Å². The quantitative estimate of drug-likeness (QED) is 0.113. The summed E-state index contributed by atoms with van der Waals surface area (Å²) in [6.07, 6.45) is -0.146. The molecular formula is C33H29Br2F2N3O4. The van der Waals surface area contributed by atoms with Gasteiger partial charge in [0.15, 0.2) is 11.6 Å². The number of amides is 1. The van der Waals surface area contributed by atoms with Gasteiger partial charge in [0.1, 0.15) is 17.4 Å². The number of carbonyl (C=O) groups is 1. The van der Waals surface area contributed by atoms with Gasteiger partial charge in [0, 0.05) is 52.1 Å². The first-order valence-corrected chi connectivity index (χ1v) is 15.4. The van der Waals surface area contributed by atoms with Crippen LogP contribution in [0.25, 0.3) is 0 Å². The number of hydrogen-bond acceptors (Lipinski definition) is 6. The second kappa shape index (κ2) is 14.4. The SMILES string of the molecule is O=C(NNCc1cc(F)cc(F)c1)[C@@]1(Cc2ccc(Br)cc2)N=C(c2ccc(OCCCO)cc2)O[C@H]1c1ccccc1Br. The maximum atomic E-state index is 14.3. The summed E-state index contributed by atoms with van der Waals surface area (Å²) >= 11 is 7.09. The molecule has 11 heteroatoms. The Morgan fingerprint density at radius 1 is 0.955 bits per heavy atom. The number of rotatable bonds is 12. The van der Waals surface area contributed by atoms with Crippen LogP contribution >= 0.6 is 31.9 Å². The van der Waals surface area contributed by atoms with Crippen molar-refractivity contribution in [2.45, 2.75) is 31.0 Å². The van der Waals surface area contributed by atoms with E-state index in [2.05, 4.69) is 42.7 Å². The number of halogens is 4. The van der Waals surface area contributed by atoms with E-state index in [0.717, 1.165) is 26.1 Å². The maximum Gasteiger partial charge on any atom is 0.266 e. The highest BCUT2D eigenvalue weighted by atomic mass is 79.9. The maximum absolute atomic E-state index is 14.3. The number of hydrazine groups is 1. The van der Waals surface area contributed by atoms with Gasteiger partial charge in [0.25, 0.3) is 5.91 Å². The van der Waals surface area contributed by atoms with Crippen LogP contribution in [0.3, 0.4) is 0 Å². The molecule has 228 valence electrons. The number of carbonyl (C=O) groups excluding carboxylic acids is 1. The number of benzene rings is 4. The number of aliphatic hydroxyl groups excluding tert-OH is 1. The molecular weight excluding hydrogens is 700 g/mol. The Bertz CT molecular complexity index is 1620. The molecule has 0 spiro atoms. The fourth-order valence-corrected chi connectivity index (χ4v) is 5.67. The highest BCUT2D eigenvalue weighted by Gasteiger charge is 2.54. The van der Waals surface area contributed by atoms with E-state index >= 15 is 0 Å². The van der Waals surface area contributed by atoms with Crippen molar-refractivity contribution in [1.29, 1.82) is 0 Å². The predicted molar refractivity (Wildman–Crippen MR) is 170 cm³/mol. The van der Waals surface area contributed by atoms with Crippen LogP contribution in [0.2, 0.25) is 0 Å². The van der Waals surface area contributed by atoms with Crippen LogP contribution in [0.1, 0.15) is 34.8 Å². The monoisotopic (exact) mass is 727 g/mol. The van der Waals surface area contributed by atoms with Gasteiger partial charge < -0.3 is 14.6 Å². The summed E-state index contributed by atoms with van der Waals surface area (Å²) in [7, 11) is 0. The van der Waals surface area contributed by atoms with E-state index < -0.39 is 29.2 Å². The van der Waals surface area contributed by atoms with Crippen molar-refractivity contribution in [3.05, 3.63) is 134 Å². The van der Waals surface area contributed by atoms with E-state index in [1.165, 1.54) is 12.1 Å². The molecule has 0 unspecified atom stereocenters. The minimum atomic E-state index is -1.48. The van der Waals surface area contributed by atoms with Crippen molar-refractivity contribution < 1.29 is 28.2 Å². The Morgan fingerprint density at radius 2 is 1.66 bits per heavy atom. The standard InChI is InChI=1S/C33H29Br2F2N3O4/c34-24-10-6-21(7-11-24)19-33(32(42)40-38-20-22-16-25(36)18-26(37)17-22)30(28-4-1-2-5-29(28)35)44-31(39-33)23-8-12-27(13-9-23)43-15-3-14-41/h1-2,4-13,16-18,30,38,41H,3,14-15,19-20H2,(H,40,42)/t30-,33-/m0/s1. The van der Waals surface area contributed by atoms with Gasteiger partial charge in [-0.25, -0.2) is 19.2 Å². The third-order valence-corrected chi connectivity index (χ3v) is 8.27. The fourth-order valence-electron chi connectivity index (χ4n) is 4.91. The Hall–Kier alpha value is -3.64. The minimum Gasteiger partial charge on any atom is -0.494 e. The molecule has 4 aromatic carbocycles. The summed E-state index contributed by atoms with van der Waals surface area (Å²) in [6.45, 7) is 0.391. The first kappa shape index (κ1) is 31.8. The van der Waals surface area contributed by atoms with E-state index in [1.54, 1.807) is 24.3 Å². The van der Waals surface area contributed by atoms with E-state index in [-0.39, 0.29) is 25.5 Å². The zero-order valence-corrected chi connectivity index (χ0v) is 26.6.